The summed E-state index contributed by atoms with van der Waals surface area (Å²) in [5.74, 6) is -3.26. The summed E-state index contributed by atoms with van der Waals surface area (Å²) in [7, 11) is 0. The second kappa shape index (κ2) is 7.07. The summed E-state index contributed by atoms with van der Waals surface area (Å²) in [6, 6.07) is 9.64. The van der Waals surface area contributed by atoms with E-state index in [0.29, 0.717) is 12.1 Å². The largest absolute Gasteiger partial charge is 0.464 e. The number of esters is 1. The Morgan fingerprint density at radius 3 is 2.71 bits per heavy atom. The van der Waals surface area contributed by atoms with Gasteiger partial charge in [0.15, 0.2) is 17.7 Å². The maximum atomic E-state index is 13.6. The van der Waals surface area contributed by atoms with Crippen LogP contribution in [0.15, 0.2) is 42.5 Å². The molecule has 144 valence electrons. The standard InChI is InChI=1S/C21H18F2N2O3/c1-2-28-21(27)19-18-14(13-5-3-4-6-17(13)24-18)9-10-25(19)20(26)12-7-8-15(22)16(23)11-12/h3-8,11,19,24H,2,9-10H2,1H3. The molecular weight excluding hydrogens is 366 g/mol. The number of aromatic amines is 1. The monoisotopic (exact) mass is 384 g/mol. The predicted octanol–water partition coefficient (Wildman–Crippen LogP) is 3.75. The fraction of sp³-hybridized carbons (Fsp3) is 0.238. The highest BCUT2D eigenvalue weighted by molar-refractivity contribution is 5.98. The highest BCUT2D eigenvalue weighted by Gasteiger charge is 2.39. The zero-order valence-corrected chi connectivity index (χ0v) is 15.2. The number of nitrogens with one attached hydrogen (secondary N) is 1. The average molecular weight is 384 g/mol. The first kappa shape index (κ1) is 18.2. The van der Waals surface area contributed by atoms with E-state index in [9.17, 15) is 18.4 Å². The van der Waals surface area contributed by atoms with Crippen LogP contribution in [0, 0.1) is 11.6 Å². The van der Waals surface area contributed by atoms with E-state index < -0.39 is 29.6 Å². The minimum atomic E-state index is -1.11. The smallest absolute Gasteiger partial charge is 0.335 e. The van der Waals surface area contributed by atoms with E-state index in [2.05, 4.69) is 4.98 Å². The summed E-state index contributed by atoms with van der Waals surface area (Å²) >= 11 is 0. The van der Waals surface area contributed by atoms with Crippen LogP contribution in [0.1, 0.15) is 34.6 Å². The summed E-state index contributed by atoms with van der Waals surface area (Å²) in [5.41, 5.74) is 2.40. The molecule has 2 heterocycles. The molecule has 3 aromatic rings. The molecule has 1 atom stereocenters. The minimum absolute atomic E-state index is 0.0206. The van der Waals surface area contributed by atoms with Gasteiger partial charge in [-0.15, -0.1) is 0 Å². The third-order valence-corrected chi connectivity index (χ3v) is 4.97. The first-order chi connectivity index (χ1) is 13.5. The number of hydrogen-bond donors (Lipinski definition) is 1. The maximum absolute atomic E-state index is 13.6. The lowest BCUT2D eigenvalue weighted by Gasteiger charge is -2.34. The quantitative estimate of drug-likeness (QED) is 0.700. The fourth-order valence-electron chi connectivity index (χ4n) is 3.72. The molecule has 1 aromatic heterocycles. The number of amides is 1. The Labute approximate surface area is 159 Å². The van der Waals surface area contributed by atoms with Crippen LogP contribution in [-0.2, 0) is 16.0 Å². The van der Waals surface area contributed by atoms with Crippen molar-refractivity contribution in [3.8, 4) is 0 Å². The Balaban J connectivity index is 1.79. The number of hydrogen-bond acceptors (Lipinski definition) is 3. The van der Waals surface area contributed by atoms with Crippen LogP contribution in [0.4, 0.5) is 8.78 Å². The molecule has 7 heteroatoms. The number of nitrogens with zero attached hydrogens (tertiary/aromatic N) is 1. The van der Waals surface area contributed by atoms with Crippen molar-refractivity contribution in [3.63, 3.8) is 0 Å². The number of para-hydroxylation sites is 1. The third-order valence-electron chi connectivity index (χ3n) is 4.97. The van der Waals surface area contributed by atoms with Crippen molar-refractivity contribution in [2.75, 3.05) is 13.2 Å². The number of H-pyrrole nitrogens is 1. The number of benzene rings is 2. The van der Waals surface area contributed by atoms with Gasteiger partial charge in [-0.3, -0.25) is 4.79 Å². The SMILES string of the molecule is CCOC(=O)C1c2[nH]c3ccccc3c2CCN1C(=O)c1ccc(F)c(F)c1. The predicted molar refractivity (Wildman–Crippen MR) is 98.8 cm³/mol. The number of carbonyl (C=O) groups is 2. The highest BCUT2D eigenvalue weighted by Crippen LogP contribution is 2.36. The lowest BCUT2D eigenvalue weighted by Crippen LogP contribution is -2.44. The van der Waals surface area contributed by atoms with Gasteiger partial charge in [0.1, 0.15) is 0 Å². The Hall–Kier alpha value is -3.22. The zero-order chi connectivity index (χ0) is 19.8. The average Bonchev–Trinajstić information content (AvgIpc) is 3.07. The molecule has 0 fully saturated rings. The second-order valence-corrected chi connectivity index (χ2v) is 6.59. The Kier molecular flexibility index (Phi) is 4.58. The maximum Gasteiger partial charge on any atom is 0.335 e. The van der Waals surface area contributed by atoms with Gasteiger partial charge in [0, 0.05) is 23.0 Å². The van der Waals surface area contributed by atoms with Crippen molar-refractivity contribution < 1.29 is 23.1 Å². The molecule has 28 heavy (non-hydrogen) atoms. The summed E-state index contributed by atoms with van der Waals surface area (Å²) in [5, 5.41) is 0.992. The zero-order valence-electron chi connectivity index (χ0n) is 15.2. The second-order valence-electron chi connectivity index (χ2n) is 6.59. The molecule has 1 N–H and O–H groups in total. The van der Waals surface area contributed by atoms with Gasteiger partial charge in [0.25, 0.3) is 5.91 Å². The van der Waals surface area contributed by atoms with Gasteiger partial charge in [0.2, 0.25) is 0 Å². The first-order valence-corrected chi connectivity index (χ1v) is 9.03. The van der Waals surface area contributed by atoms with Crippen molar-refractivity contribution in [2.24, 2.45) is 0 Å². The van der Waals surface area contributed by atoms with Crippen molar-refractivity contribution in [1.82, 2.24) is 9.88 Å². The van der Waals surface area contributed by atoms with Crippen molar-refractivity contribution in [1.29, 1.82) is 0 Å². The van der Waals surface area contributed by atoms with Gasteiger partial charge in [-0.25, -0.2) is 13.6 Å². The van der Waals surface area contributed by atoms with Gasteiger partial charge in [-0.2, -0.15) is 0 Å². The third kappa shape index (κ3) is 2.93. The summed E-state index contributed by atoms with van der Waals surface area (Å²) < 4.78 is 32.1. The van der Waals surface area contributed by atoms with E-state index in [1.807, 2.05) is 24.3 Å². The Morgan fingerprint density at radius 2 is 1.96 bits per heavy atom. The summed E-state index contributed by atoms with van der Waals surface area (Å²) in [4.78, 5) is 30.3. The number of halogens is 2. The van der Waals surface area contributed by atoms with Crippen LogP contribution in [-0.4, -0.2) is 34.9 Å². The molecule has 1 aliphatic rings. The van der Waals surface area contributed by atoms with Gasteiger partial charge in [-0.05, 0) is 43.2 Å². The molecule has 0 aliphatic carbocycles. The summed E-state index contributed by atoms with van der Waals surface area (Å²) in [6.07, 6.45) is 0.532. The van der Waals surface area contributed by atoms with E-state index in [1.165, 1.54) is 11.0 Å². The number of ether oxygens (including phenoxy) is 1. The number of aromatic nitrogens is 1. The number of carbonyl (C=O) groups excluding carboxylic acids is 2. The Morgan fingerprint density at radius 1 is 1.18 bits per heavy atom. The number of fused-ring (bicyclic) bond motifs is 3. The highest BCUT2D eigenvalue weighted by atomic mass is 19.2. The van der Waals surface area contributed by atoms with Crippen LogP contribution in [0.3, 0.4) is 0 Å². The van der Waals surface area contributed by atoms with Crippen LogP contribution >= 0.6 is 0 Å². The van der Waals surface area contributed by atoms with Crippen molar-refractivity contribution >= 4 is 22.8 Å². The summed E-state index contributed by atoms with van der Waals surface area (Å²) in [6.45, 7) is 2.11. The van der Waals surface area contributed by atoms with Crippen LogP contribution in [0.5, 0.6) is 0 Å². The fourth-order valence-corrected chi connectivity index (χ4v) is 3.72. The van der Waals surface area contributed by atoms with Crippen LogP contribution in [0.25, 0.3) is 10.9 Å². The van der Waals surface area contributed by atoms with Gasteiger partial charge >= 0.3 is 5.97 Å². The van der Waals surface area contributed by atoms with E-state index in [0.717, 1.165) is 28.6 Å². The molecule has 0 saturated heterocycles. The number of rotatable bonds is 3. The molecule has 1 amide bonds. The van der Waals surface area contributed by atoms with Crippen molar-refractivity contribution in [2.45, 2.75) is 19.4 Å². The van der Waals surface area contributed by atoms with E-state index in [-0.39, 0.29) is 18.7 Å². The molecule has 0 saturated carbocycles. The lowest BCUT2D eigenvalue weighted by atomic mass is 9.96. The topological polar surface area (TPSA) is 62.4 Å². The molecule has 0 spiro atoms. The van der Waals surface area contributed by atoms with Gasteiger partial charge < -0.3 is 14.6 Å². The van der Waals surface area contributed by atoms with Crippen LogP contribution < -0.4 is 0 Å². The lowest BCUT2D eigenvalue weighted by molar-refractivity contribution is -0.149. The molecule has 4 rings (SSSR count). The van der Waals surface area contributed by atoms with Gasteiger partial charge in [-0.1, -0.05) is 18.2 Å². The minimum Gasteiger partial charge on any atom is -0.464 e. The van der Waals surface area contributed by atoms with Gasteiger partial charge in [0.05, 0.1) is 12.3 Å². The molecule has 0 radical (unpaired) electrons. The van der Waals surface area contributed by atoms with Crippen molar-refractivity contribution in [3.05, 3.63) is 70.9 Å². The molecular formula is C21H18F2N2O3. The molecule has 1 unspecified atom stereocenters. The normalized spacial score (nSPS) is 16.1. The Bertz CT molecular complexity index is 1080. The van der Waals surface area contributed by atoms with E-state index in [1.54, 1.807) is 6.92 Å². The molecule has 0 bridgehead atoms. The van der Waals surface area contributed by atoms with E-state index in [4.69, 9.17) is 4.74 Å². The van der Waals surface area contributed by atoms with E-state index >= 15 is 0 Å². The molecule has 2 aromatic carbocycles. The molecule has 5 nitrogen and oxygen atoms in total. The molecule has 1 aliphatic heterocycles. The first-order valence-electron chi connectivity index (χ1n) is 9.03. The van der Waals surface area contributed by atoms with Crippen LogP contribution in [0.2, 0.25) is 0 Å².